The number of nitriles is 1. The predicted molar refractivity (Wildman–Crippen MR) is 90.6 cm³/mol. The Morgan fingerprint density at radius 2 is 2.10 bits per heavy atom. The Kier molecular flexibility index (Phi) is 13.1. The van der Waals surface area contributed by atoms with Crippen LogP contribution in [-0.2, 0) is 9.37 Å². The number of carbonyl (C=O) groups excluding carboxylic acids is 1. The number of aromatic amines is 1. The van der Waals surface area contributed by atoms with Gasteiger partial charge in [0.25, 0.3) is 5.56 Å². The molecule has 0 radical (unpaired) electrons. The van der Waals surface area contributed by atoms with Crippen molar-refractivity contribution in [3.8, 4) is 11.9 Å². The minimum Gasteiger partial charge on any atom is -0.691 e. The van der Waals surface area contributed by atoms with Crippen molar-refractivity contribution < 1.29 is 88.8 Å². The molecule has 1 aromatic heterocycles. The Morgan fingerprint density at radius 3 is 2.67 bits per heavy atom. The van der Waals surface area contributed by atoms with Crippen LogP contribution in [0.2, 0.25) is 0 Å². The van der Waals surface area contributed by atoms with Crippen LogP contribution < -0.4 is 80.4 Å². The molecule has 0 aliphatic carbocycles. The van der Waals surface area contributed by atoms with E-state index < -0.39 is 23.0 Å². The van der Waals surface area contributed by atoms with Crippen LogP contribution in [0.4, 0.5) is 17.1 Å². The van der Waals surface area contributed by atoms with Gasteiger partial charge in [0.2, 0.25) is 5.88 Å². The van der Waals surface area contributed by atoms with E-state index in [1.165, 1.54) is 12.1 Å². The number of aromatic nitrogens is 1. The molecule has 15 heteroatoms. The predicted octanol–water partition coefficient (Wildman–Crippen LogP) is -5.60. The van der Waals surface area contributed by atoms with E-state index >= 15 is 0 Å². The van der Waals surface area contributed by atoms with Crippen molar-refractivity contribution in [2.75, 3.05) is 11.9 Å². The number of carboxylic acids is 1. The van der Waals surface area contributed by atoms with Crippen molar-refractivity contribution in [3.63, 3.8) is 0 Å². The number of benzene rings is 1. The van der Waals surface area contributed by atoms with Gasteiger partial charge in [0.05, 0.1) is 29.4 Å². The second-order valence-corrected chi connectivity index (χ2v) is 5.70. The molecule has 2 rings (SSSR count). The molecule has 12 nitrogen and oxygen atoms in total. The molecular weight excluding hydrogens is 440 g/mol. The average Bonchev–Trinajstić information content (AvgIpc) is 2.66. The number of hydrogen-bond acceptors (Lipinski definition) is 12. The maximum atomic E-state index is 12.1. The molecule has 30 heavy (non-hydrogen) atoms. The number of anilines is 1. The monoisotopic (exact) mass is 451 g/mol. The molecular formula is C15H11N5Na2O7S. The zero-order valence-electron chi connectivity index (χ0n) is 16.1. The summed E-state index contributed by atoms with van der Waals surface area (Å²) in [5.74, 6) is -2.23. The van der Waals surface area contributed by atoms with E-state index in [9.17, 15) is 25.1 Å². The molecule has 0 amide bonds. The summed E-state index contributed by atoms with van der Waals surface area (Å²) in [6.07, 6.45) is 0. The third kappa shape index (κ3) is 7.06. The molecule has 0 saturated heterocycles. The number of azo groups is 1. The van der Waals surface area contributed by atoms with Crippen molar-refractivity contribution in [2.24, 2.45) is 10.2 Å². The van der Waals surface area contributed by atoms with Crippen LogP contribution in [-0.4, -0.2) is 22.6 Å². The van der Waals surface area contributed by atoms with Gasteiger partial charge in [-0.05, 0) is 25.1 Å². The first-order chi connectivity index (χ1) is 13.4. The Morgan fingerprint density at radius 1 is 1.40 bits per heavy atom. The molecule has 3 N–H and O–H groups in total. The number of nitrogens with zero attached hydrogens (tertiary/aromatic N) is 3. The maximum Gasteiger partial charge on any atom is 1.00 e. The summed E-state index contributed by atoms with van der Waals surface area (Å²) in [5.41, 5.74) is -2.05. The summed E-state index contributed by atoms with van der Waals surface area (Å²) < 4.78 is 4.10. The van der Waals surface area contributed by atoms with Gasteiger partial charge in [-0.3, -0.25) is 14.8 Å². The summed E-state index contributed by atoms with van der Waals surface area (Å²) >= 11 is 0.466. The SMILES string of the molecule is CCNc1c(C#N)c(O)[nH]c(=O)c1N=Nc1ccc(SOO[O-])cc1C(=O)[O-].[Na+].[Na+]. The molecule has 0 aliphatic rings. The maximum absolute atomic E-state index is 12.1. The molecule has 2 aromatic rings. The number of nitrogens with one attached hydrogen (secondary N) is 2. The van der Waals surface area contributed by atoms with Crippen molar-refractivity contribution in [1.82, 2.24) is 4.98 Å². The van der Waals surface area contributed by atoms with E-state index in [2.05, 4.69) is 29.9 Å². The summed E-state index contributed by atoms with van der Waals surface area (Å²) in [6.45, 7) is 2.00. The second-order valence-electron chi connectivity index (χ2n) is 4.93. The zero-order valence-corrected chi connectivity index (χ0v) is 20.9. The van der Waals surface area contributed by atoms with E-state index in [0.717, 1.165) is 6.07 Å². The molecule has 1 aromatic carbocycles. The molecule has 0 unspecified atom stereocenters. The number of H-pyrrole nitrogens is 1. The molecule has 0 spiro atoms. The molecule has 0 saturated carbocycles. The molecule has 0 fully saturated rings. The van der Waals surface area contributed by atoms with Crippen molar-refractivity contribution in [3.05, 3.63) is 39.7 Å². The van der Waals surface area contributed by atoms with Crippen molar-refractivity contribution >= 4 is 35.1 Å². The molecule has 146 valence electrons. The van der Waals surface area contributed by atoms with Gasteiger partial charge in [0.15, 0.2) is 5.69 Å². The third-order valence-corrected chi connectivity index (χ3v) is 3.81. The number of carbonyl (C=O) groups is 1. The van der Waals surface area contributed by atoms with E-state index in [-0.39, 0.29) is 86.6 Å². The van der Waals surface area contributed by atoms with Crippen LogP contribution in [0.1, 0.15) is 22.8 Å². The van der Waals surface area contributed by atoms with E-state index in [0.29, 0.717) is 18.6 Å². The fourth-order valence-electron chi connectivity index (χ4n) is 2.11. The normalized spacial score (nSPS) is 10.0. The number of rotatable bonds is 8. The fraction of sp³-hybridized carbons (Fsp3) is 0.133. The van der Waals surface area contributed by atoms with Crippen LogP contribution in [0.25, 0.3) is 0 Å². The molecule has 0 atom stereocenters. The minimum absolute atomic E-state index is 0. The van der Waals surface area contributed by atoms with Gasteiger partial charge in [-0.2, -0.15) is 9.60 Å². The Hall–Kier alpha value is -1.44. The molecule has 1 heterocycles. The van der Waals surface area contributed by atoms with Crippen molar-refractivity contribution in [1.29, 1.82) is 5.26 Å². The van der Waals surface area contributed by atoms with Crippen LogP contribution >= 0.6 is 12.0 Å². The zero-order chi connectivity index (χ0) is 20.7. The van der Waals surface area contributed by atoms with Gasteiger partial charge in [-0.15, -0.1) is 10.2 Å². The Labute approximate surface area is 218 Å². The van der Waals surface area contributed by atoms with E-state index in [1.807, 2.05) is 0 Å². The van der Waals surface area contributed by atoms with E-state index in [1.54, 1.807) is 13.0 Å². The summed E-state index contributed by atoms with van der Waals surface area (Å²) in [5, 5.41) is 53.4. The van der Waals surface area contributed by atoms with Gasteiger partial charge in [-0.25, -0.2) is 0 Å². The third-order valence-electron chi connectivity index (χ3n) is 3.24. The Balaban J connectivity index is 0.00000420. The van der Waals surface area contributed by atoms with Crippen LogP contribution in [0.15, 0.2) is 38.1 Å². The average molecular weight is 451 g/mol. The van der Waals surface area contributed by atoms with Crippen LogP contribution in [0, 0.1) is 11.3 Å². The second kappa shape index (κ2) is 13.8. The quantitative estimate of drug-likeness (QED) is 0.114. The number of pyridine rings is 1. The van der Waals surface area contributed by atoms with Gasteiger partial charge in [0.1, 0.15) is 11.6 Å². The topological polar surface area (TPSA) is 195 Å². The summed E-state index contributed by atoms with van der Waals surface area (Å²) in [7, 11) is 0. The first kappa shape index (κ1) is 28.6. The first-order valence-corrected chi connectivity index (χ1v) is 8.20. The summed E-state index contributed by atoms with van der Waals surface area (Å²) in [6, 6.07) is 5.42. The van der Waals surface area contributed by atoms with Gasteiger partial charge in [0, 0.05) is 17.0 Å². The number of aromatic carboxylic acids is 1. The van der Waals surface area contributed by atoms with Crippen LogP contribution in [0.5, 0.6) is 5.88 Å². The largest absolute Gasteiger partial charge is 1.00 e. The summed E-state index contributed by atoms with van der Waals surface area (Å²) in [4.78, 5) is 25.7. The Bertz CT molecular complexity index is 1030. The number of hydrogen-bond donors (Lipinski definition) is 3. The van der Waals surface area contributed by atoms with Gasteiger partial charge in [-0.1, -0.05) is 0 Å². The minimum atomic E-state index is -1.59. The number of aromatic hydroxyl groups is 1. The van der Waals surface area contributed by atoms with Crippen LogP contribution in [0.3, 0.4) is 0 Å². The number of carboxylic acid groups (broad SMARTS) is 1. The van der Waals surface area contributed by atoms with Crippen molar-refractivity contribution in [2.45, 2.75) is 11.8 Å². The van der Waals surface area contributed by atoms with Gasteiger partial charge < -0.3 is 25.6 Å². The first-order valence-electron chi connectivity index (χ1n) is 7.46. The smallest absolute Gasteiger partial charge is 0.691 e. The van der Waals surface area contributed by atoms with Gasteiger partial charge >= 0.3 is 59.1 Å². The molecule has 0 aliphatic heterocycles. The standard InChI is InChI=1S/C15H13N5O7S.2Na/c1-2-17-11-9(6-16)13(21)18-14(22)12(11)20-19-10-4-3-7(28-27-26-25)5-8(10)15(23)24;;/h3-5,25H,2H2,1H3,(H,23,24)(H3,17,18,21,22);;/q;2*+1/p-2. The molecule has 0 bridgehead atoms. The van der Waals surface area contributed by atoms with E-state index in [4.69, 9.17) is 5.26 Å². The fourth-order valence-corrected chi connectivity index (χ4v) is 2.50.